The third-order valence-corrected chi connectivity index (χ3v) is 4.73. The van der Waals surface area contributed by atoms with Crippen LogP contribution in [0.1, 0.15) is 22.3 Å². The summed E-state index contributed by atoms with van der Waals surface area (Å²) in [5, 5.41) is 8.82. The fourth-order valence-electron chi connectivity index (χ4n) is 2.13. The Morgan fingerprint density at radius 3 is 2.18 bits per heavy atom. The van der Waals surface area contributed by atoms with Crippen molar-refractivity contribution in [2.45, 2.75) is 20.4 Å². The molecule has 2 aromatic carbocycles. The molecule has 0 atom stereocenters. The number of nitriles is 1. The van der Waals surface area contributed by atoms with Crippen LogP contribution in [-0.4, -0.2) is 14.7 Å². The van der Waals surface area contributed by atoms with E-state index in [9.17, 15) is 8.42 Å². The fraction of sp³-hybridized carbons (Fsp3) is 0.235. The van der Waals surface area contributed by atoms with Gasteiger partial charge < -0.3 is 0 Å². The molecule has 0 radical (unpaired) electrons. The van der Waals surface area contributed by atoms with Gasteiger partial charge >= 0.3 is 0 Å². The molecule has 2 rings (SSSR count). The minimum Gasteiger partial charge on any atom is -0.266 e. The molecule has 0 bridgehead atoms. The zero-order valence-electron chi connectivity index (χ0n) is 12.9. The Labute approximate surface area is 131 Å². The average molecular weight is 314 g/mol. The van der Waals surface area contributed by atoms with Crippen LogP contribution in [0.4, 0.5) is 5.69 Å². The van der Waals surface area contributed by atoms with Gasteiger partial charge in [-0.3, -0.25) is 4.31 Å². The zero-order valence-corrected chi connectivity index (χ0v) is 13.7. The zero-order chi connectivity index (χ0) is 16.3. The molecule has 0 amide bonds. The smallest absolute Gasteiger partial charge is 0.232 e. The van der Waals surface area contributed by atoms with Gasteiger partial charge in [-0.2, -0.15) is 5.26 Å². The van der Waals surface area contributed by atoms with Crippen LogP contribution in [0.2, 0.25) is 0 Å². The van der Waals surface area contributed by atoms with Gasteiger partial charge in [0.1, 0.15) is 0 Å². The largest absolute Gasteiger partial charge is 0.266 e. The van der Waals surface area contributed by atoms with Gasteiger partial charge in [0, 0.05) is 0 Å². The van der Waals surface area contributed by atoms with Gasteiger partial charge in [-0.1, -0.05) is 18.2 Å². The van der Waals surface area contributed by atoms with E-state index in [1.807, 2.05) is 32.0 Å². The van der Waals surface area contributed by atoms with Crippen LogP contribution >= 0.6 is 0 Å². The second-order valence-corrected chi connectivity index (χ2v) is 7.25. The molecule has 0 saturated carbocycles. The number of rotatable bonds is 4. The monoisotopic (exact) mass is 314 g/mol. The number of hydrogen-bond acceptors (Lipinski definition) is 3. The highest BCUT2D eigenvalue weighted by Gasteiger charge is 2.18. The summed E-state index contributed by atoms with van der Waals surface area (Å²) in [7, 11) is -3.39. The number of sulfonamides is 1. The Balaban J connectivity index is 2.38. The maximum absolute atomic E-state index is 12.1. The molecule has 0 N–H and O–H groups in total. The topological polar surface area (TPSA) is 61.2 Å². The minimum atomic E-state index is -3.39. The highest BCUT2D eigenvalue weighted by molar-refractivity contribution is 7.92. The molecular formula is C17H18N2O2S. The second kappa shape index (κ2) is 6.20. The summed E-state index contributed by atoms with van der Waals surface area (Å²) < 4.78 is 25.6. The summed E-state index contributed by atoms with van der Waals surface area (Å²) in [6, 6.07) is 14.6. The van der Waals surface area contributed by atoms with Crippen molar-refractivity contribution < 1.29 is 8.42 Å². The molecule has 0 spiro atoms. The minimum absolute atomic E-state index is 0.243. The first-order valence-electron chi connectivity index (χ1n) is 6.85. The third kappa shape index (κ3) is 3.66. The van der Waals surface area contributed by atoms with Crippen LogP contribution in [0, 0.1) is 25.2 Å². The van der Waals surface area contributed by atoms with Crippen molar-refractivity contribution >= 4 is 15.7 Å². The summed E-state index contributed by atoms with van der Waals surface area (Å²) in [5.41, 5.74) is 4.21. The van der Waals surface area contributed by atoms with E-state index < -0.39 is 10.0 Å². The SMILES string of the molecule is Cc1ccc(N(Cc2ccc(C#N)cc2)S(C)(=O)=O)cc1C. The summed E-state index contributed by atoms with van der Waals surface area (Å²) >= 11 is 0. The second-order valence-electron chi connectivity index (χ2n) is 5.35. The van der Waals surface area contributed by atoms with Crippen molar-refractivity contribution in [3.05, 3.63) is 64.7 Å². The van der Waals surface area contributed by atoms with Crippen molar-refractivity contribution in [2.24, 2.45) is 0 Å². The third-order valence-electron chi connectivity index (χ3n) is 3.59. The maximum Gasteiger partial charge on any atom is 0.232 e. The average Bonchev–Trinajstić information content (AvgIpc) is 2.47. The summed E-state index contributed by atoms with van der Waals surface area (Å²) in [5.74, 6) is 0. The molecule has 0 aliphatic carbocycles. The Kier molecular flexibility index (Phi) is 4.53. The maximum atomic E-state index is 12.1. The van der Waals surface area contributed by atoms with E-state index in [4.69, 9.17) is 5.26 Å². The van der Waals surface area contributed by atoms with E-state index in [0.717, 1.165) is 16.7 Å². The van der Waals surface area contributed by atoms with Gasteiger partial charge in [-0.05, 0) is 54.8 Å². The Bertz CT molecular complexity index is 819. The summed E-state index contributed by atoms with van der Waals surface area (Å²) in [6.45, 7) is 4.19. The van der Waals surface area contributed by atoms with Crippen molar-refractivity contribution in [1.82, 2.24) is 0 Å². The number of hydrogen-bond donors (Lipinski definition) is 0. The lowest BCUT2D eigenvalue weighted by atomic mass is 10.1. The molecule has 22 heavy (non-hydrogen) atoms. The first kappa shape index (κ1) is 16.1. The van der Waals surface area contributed by atoms with Crippen LogP contribution in [0.25, 0.3) is 0 Å². The van der Waals surface area contributed by atoms with Crippen LogP contribution in [0.15, 0.2) is 42.5 Å². The van der Waals surface area contributed by atoms with Gasteiger partial charge in [-0.25, -0.2) is 8.42 Å². The van der Waals surface area contributed by atoms with E-state index in [-0.39, 0.29) is 6.54 Å². The normalized spacial score (nSPS) is 11.0. The van der Waals surface area contributed by atoms with Crippen molar-refractivity contribution in [1.29, 1.82) is 5.26 Å². The van der Waals surface area contributed by atoms with Gasteiger partial charge in [0.15, 0.2) is 0 Å². The van der Waals surface area contributed by atoms with Gasteiger partial charge in [-0.15, -0.1) is 0 Å². The molecule has 5 heteroatoms. The molecular weight excluding hydrogens is 296 g/mol. The lowest BCUT2D eigenvalue weighted by Crippen LogP contribution is -2.29. The van der Waals surface area contributed by atoms with E-state index in [1.54, 1.807) is 24.3 Å². The molecule has 0 unspecified atom stereocenters. The summed E-state index contributed by atoms with van der Waals surface area (Å²) in [4.78, 5) is 0. The number of anilines is 1. The standard InChI is InChI=1S/C17H18N2O2S/c1-13-4-9-17(10-14(13)2)19(22(3,20)21)12-16-7-5-15(11-18)6-8-16/h4-10H,12H2,1-3H3. The van der Waals surface area contributed by atoms with Crippen LogP contribution in [-0.2, 0) is 16.6 Å². The van der Waals surface area contributed by atoms with E-state index in [1.165, 1.54) is 10.6 Å². The van der Waals surface area contributed by atoms with Crippen LogP contribution in [0.5, 0.6) is 0 Å². The first-order valence-corrected chi connectivity index (χ1v) is 8.70. The quantitative estimate of drug-likeness (QED) is 0.871. The molecule has 2 aromatic rings. The molecule has 0 aromatic heterocycles. The van der Waals surface area contributed by atoms with Crippen LogP contribution < -0.4 is 4.31 Å². The Hall–Kier alpha value is -2.32. The number of aryl methyl sites for hydroxylation is 2. The predicted molar refractivity (Wildman–Crippen MR) is 88.1 cm³/mol. The Morgan fingerprint density at radius 1 is 1.05 bits per heavy atom. The van der Waals surface area contributed by atoms with Crippen molar-refractivity contribution in [2.75, 3.05) is 10.6 Å². The fourth-order valence-corrected chi connectivity index (χ4v) is 3.01. The Morgan fingerprint density at radius 2 is 1.68 bits per heavy atom. The molecule has 0 aliphatic heterocycles. The van der Waals surface area contributed by atoms with Crippen LogP contribution in [0.3, 0.4) is 0 Å². The molecule has 0 fully saturated rings. The molecule has 0 heterocycles. The van der Waals surface area contributed by atoms with Gasteiger partial charge in [0.05, 0.1) is 30.1 Å². The molecule has 4 nitrogen and oxygen atoms in total. The van der Waals surface area contributed by atoms with Gasteiger partial charge in [0.25, 0.3) is 0 Å². The van der Waals surface area contributed by atoms with Crippen molar-refractivity contribution in [3.8, 4) is 6.07 Å². The van der Waals surface area contributed by atoms with E-state index in [0.29, 0.717) is 11.3 Å². The lowest BCUT2D eigenvalue weighted by molar-refractivity contribution is 0.596. The highest BCUT2D eigenvalue weighted by Crippen LogP contribution is 2.23. The number of nitrogens with zero attached hydrogens (tertiary/aromatic N) is 2. The first-order chi connectivity index (χ1) is 10.3. The number of benzene rings is 2. The molecule has 0 aliphatic rings. The van der Waals surface area contributed by atoms with E-state index in [2.05, 4.69) is 6.07 Å². The highest BCUT2D eigenvalue weighted by atomic mass is 32.2. The summed E-state index contributed by atoms with van der Waals surface area (Å²) in [6.07, 6.45) is 1.20. The van der Waals surface area contributed by atoms with E-state index >= 15 is 0 Å². The molecule has 0 saturated heterocycles. The van der Waals surface area contributed by atoms with Crippen molar-refractivity contribution in [3.63, 3.8) is 0 Å². The predicted octanol–water partition coefficient (Wildman–Crippen LogP) is 3.14. The molecule has 114 valence electrons. The van der Waals surface area contributed by atoms with Gasteiger partial charge in [0.2, 0.25) is 10.0 Å². The lowest BCUT2D eigenvalue weighted by Gasteiger charge is -2.23.